The third-order valence-corrected chi connectivity index (χ3v) is 4.80. The normalized spacial score (nSPS) is 15.9. The van der Waals surface area contributed by atoms with Crippen LogP contribution >= 0.6 is 0 Å². The number of carbonyl (C=O) groups excluding carboxylic acids is 1. The first kappa shape index (κ1) is 15.7. The number of benzene rings is 1. The van der Waals surface area contributed by atoms with Gasteiger partial charge in [0, 0.05) is 24.3 Å². The van der Waals surface area contributed by atoms with Crippen molar-refractivity contribution in [3.05, 3.63) is 52.6 Å². The standard InChI is InChI=1S/C18H22FN3O/c1-12-16(13(2)21-20-12)11-18(23)22-9-7-14(8-10-22)15-5-3-4-6-17(15)19/h3-6,14H,7-11H2,1-2H3,(H,20,21). The summed E-state index contributed by atoms with van der Waals surface area (Å²) in [7, 11) is 0. The number of aromatic amines is 1. The molecule has 0 bridgehead atoms. The zero-order valence-corrected chi connectivity index (χ0v) is 13.6. The molecule has 122 valence electrons. The Bertz CT molecular complexity index is 683. The van der Waals surface area contributed by atoms with Crippen LogP contribution in [0.1, 0.15) is 41.3 Å². The van der Waals surface area contributed by atoms with Crippen LogP contribution in [0.25, 0.3) is 0 Å². The molecule has 1 aliphatic rings. The van der Waals surface area contributed by atoms with E-state index in [1.54, 1.807) is 6.07 Å². The minimum atomic E-state index is -0.137. The topological polar surface area (TPSA) is 49.0 Å². The zero-order valence-electron chi connectivity index (χ0n) is 13.6. The minimum Gasteiger partial charge on any atom is -0.342 e. The molecule has 0 radical (unpaired) electrons. The molecule has 1 aromatic carbocycles. The summed E-state index contributed by atoms with van der Waals surface area (Å²) in [6.45, 7) is 5.23. The highest BCUT2D eigenvalue weighted by Crippen LogP contribution is 2.30. The molecule has 0 atom stereocenters. The summed E-state index contributed by atoms with van der Waals surface area (Å²) in [6.07, 6.45) is 2.02. The molecule has 2 aromatic rings. The zero-order chi connectivity index (χ0) is 16.4. The molecular weight excluding hydrogens is 293 g/mol. The van der Waals surface area contributed by atoms with Crippen molar-refractivity contribution >= 4 is 5.91 Å². The fraction of sp³-hybridized carbons (Fsp3) is 0.444. The summed E-state index contributed by atoms with van der Waals surface area (Å²) < 4.78 is 13.9. The maximum atomic E-state index is 13.9. The van der Waals surface area contributed by atoms with Crippen molar-refractivity contribution in [2.75, 3.05) is 13.1 Å². The fourth-order valence-electron chi connectivity index (χ4n) is 3.34. The number of amides is 1. The maximum absolute atomic E-state index is 13.9. The number of rotatable bonds is 3. The first-order valence-electron chi connectivity index (χ1n) is 8.09. The Kier molecular flexibility index (Phi) is 4.46. The Hall–Kier alpha value is -2.17. The summed E-state index contributed by atoms with van der Waals surface area (Å²) >= 11 is 0. The van der Waals surface area contributed by atoms with Gasteiger partial charge < -0.3 is 4.90 Å². The van der Waals surface area contributed by atoms with Crippen LogP contribution < -0.4 is 0 Å². The molecular formula is C18H22FN3O. The molecule has 23 heavy (non-hydrogen) atoms. The molecule has 1 N–H and O–H groups in total. The van der Waals surface area contributed by atoms with Gasteiger partial charge in [0.2, 0.25) is 5.91 Å². The minimum absolute atomic E-state index is 0.129. The lowest BCUT2D eigenvalue weighted by Gasteiger charge is -2.32. The lowest BCUT2D eigenvalue weighted by atomic mass is 9.89. The summed E-state index contributed by atoms with van der Waals surface area (Å²) in [5.74, 6) is 0.198. The number of aromatic nitrogens is 2. The fourth-order valence-corrected chi connectivity index (χ4v) is 3.34. The van der Waals surface area contributed by atoms with Gasteiger partial charge in [0.25, 0.3) is 0 Å². The van der Waals surface area contributed by atoms with Gasteiger partial charge in [-0.2, -0.15) is 5.10 Å². The van der Waals surface area contributed by atoms with Crippen molar-refractivity contribution in [3.63, 3.8) is 0 Å². The lowest BCUT2D eigenvalue weighted by Crippen LogP contribution is -2.39. The second-order valence-corrected chi connectivity index (χ2v) is 6.27. The number of likely N-dealkylation sites (tertiary alicyclic amines) is 1. The Morgan fingerprint density at radius 3 is 2.61 bits per heavy atom. The van der Waals surface area contributed by atoms with E-state index in [0.717, 1.165) is 35.4 Å². The third kappa shape index (κ3) is 3.28. The van der Waals surface area contributed by atoms with Crippen LogP contribution in [0, 0.1) is 19.7 Å². The molecule has 0 saturated carbocycles. The smallest absolute Gasteiger partial charge is 0.227 e. The molecule has 0 aliphatic carbocycles. The highest BCUT2D eigenvalue weighted by Gasteiger charge is 2.26. The van der Waals surface area contributed by atoms with Gasteiger partial charge in [0.1, 0.15) is 5.82 Å². The van der Waals surface area contributed by atoms with E-state index in [0.29, 0.717) is 19.5 Å². The highest BCUT2D eigenvalue weighted by atomic mass is 19.1. The second kappa shape index (κ2) is 6.52. The SMILES string of the molecule is Cc1n[nH]c(C)c1CC(=O)N1CCC(c2ccccc2F)CC1. The quantitative estimate of drug-likeness (QED) is 0.946. The monoisotopic (exact) mass is 315 g/mol. The Morgan fingerprint density at radius 2 is 2.00 bits per heavy atom. The number of nitrogens with zero attached hydrogens (tertiary/aromatic N) is 2. The van der Waals surface area contributed by atoms with Crippen LogP contribution in [0.4, 0.5) is 4.39 Å². The van der Waals surface area contributed by atoms with Gasteiger partial charge in [-0.05, 0) is 44.2 Å². The van der Waals surface area contributed by atoms with Crippen LogP contribution in [0.15, 0.2) is 24.3 Å². The van der Waals surface area contributed by atoms with Gasteiger partial charge in [0.15, 0.2) is 0 Å². The predicted octanol–water partition coefficient (Wildman–Crippen LogP) is 3.11. The van der Waals surface area contributed by atoms with Gasteiger partial charge in [-0.15, -0.1) is 0 Å². The molecule has 2 heterocycles. The average Bonchev–Trinajstić information content (AvgIpc) is 2.87. The van der Waals surface area contributed by atoms with E-state index in [2.05, 4.69) is 10.2 Å². The lowest BCUT2D eigenvalue weighted by molar-refractivity contribution is -0.131. The van der Waals surface area contributed by atoms with Crippen LogP contribution in [-0.4, -0.2) is 34.1 Å². The van der Waals surface area contributed by atoms with Crippen LogP contribution in [0.3, 0.4) is 0 Å². The maximum Gasteiger partial charge on any atom is 0.227 e. The first-order chi connectivity index (χ1) is 11.1. The molecule has 4 nitrogen and oxygen atoms in total. The largest absolute Gasteiger partial charge is 0.342 e. The van der Waals surface area contributed by atoms with E-state index < -0.39 is 0 Å². The van der Waals surface area contributed by atoms with Crippen molar-refractivity contribution in [2.24, 2.45) is 0 Å². The molecule has 1 aromatic heterocycles. The van der Waals surface area contributed by atoms with Crippen molar-refractivity contribution in [1.29, 1.82) is 0 Å². The molecule has 3 rings (SSSR count). The van der Waals surface area contributed by atoms with E-state index in [1.807, 2.05) is 30.9 Å². The number of H-pyrrole nitrogens is 1. The van der Waals surface area contributed by atoms with E-state index in [-0.39, 0.29) is 17.6 Å². The number of aryl methyl sites for hydroxylation is 2. The molecule has 1 fully saturated rings. The Balaban J connectivity index is 1.61. The van der Waals surface area contributed by atoms with Crippen molar-refractivity contribution in [2.45, 2.75) is 39.0 Å². The van der Waals surface area contributed by atoms with Crippen molar-refractivity contribution in [1.82, 2.24) is 15.1 Å². The van der Waals surface area contributed by atoms with Gasteiger partial charge >= 0.3 is 0 Å². The second-order valence-electron chi connectivity index (χ2n) is 6.27. The van der Waals surface area contributed by atoms with Crippen LogP contribution in [-0.2, 0) is 11.2 Å². The molecule has 5 heteroatoms. The van der Waals surface area contributed by atoms with Gasteiger partial charge in [-0.1, -0.05) is 18.2 Å². The van der Waals surface area contributed by atoms with E-state index >= 15 is 0 Å². The number of nitrogens with one attached hydrogen (secondary N) is 1. The predicted molar refractivity (Wildman–Crippen MR) is 86.7 cm³/mol. The van der Waals surface area contributed by atoms with E-state index in [4.69, 9.17) is 0 Å². The summed E-state index contributed by atoms with van der Waals surface area (Å²) in [5.41, 5.74) is 3.61. The number of piperidine rings is 1. The number of carbonyl (C=O) groups is 1. The molecule has 0 spiro atoms. The van der Waals surface area contributed by atoms with Crippen LogP contribution in [0.2, 0.25) is 0 Å². The average molecular weight is 315 g/mol. The van der Waals surface area contributed by atoms with Crippen molar-refractivity contribution in [3.8, 4) is 0 Å². The van der Waals surface area contributed by atoms with E-state index in [9.17, 15) is 9.18 Å². The summed E-state index contributed by atoms with van der Waals surface area (Å²) in [5, 5.41) is 7.06. The summed E-state index contributed by atoms with van der Waals surface area (Å²) in [6, 6.07) is 6.96. The number of halogens is 1. The molecule has 1 saturated heterocycles. The Morgan fingerprint density at radius 1 is 1.30 bits per heavy atom. The van der Waals surface area contributed by atoms with Crippen LogP contribution in [0.5, 0.6) is 0 Å². The Labute approximate surface area is 135 Å². The molecule has 1 amide bonds. The third-order valence-electron chi connectivity index (χ3n) is 4.80. The van der Waals surface area contributed by atoms with E-state index in [1.165, 1.54) is 6.07 Å². The first-order valence-corrected chi connectivity index (χ1v) is 8.09. The number of hydrogen-bond acceptors (Lipinski definition) is 2. The van der Waals surface area contributed by atoms with Gasteiger partial charge in [-0.3, -0.25) is 9.89 Å². The summed E-state index contributed by atoms with van der Waals surface area (Å²) in [4.78, 5) is 14.4. The molecule has 0 unspecified atom stereocenters. The molecule has 1 aliphatic heterocycles. The highest BCUT2D eigenvalue weighted by molar-refractivity contribution is 5.79. The number of hydrogen-bond donors (Lipinski definition) is 1. The van der Waals surface area contributed by atoms with Gasteiger partial charge in [0.05, 0.1) is 12.1 Å². The van der Waals surface area contributed by atoms with Crippen molar-refractivity contribution < 1.29 is 9.18 Å². The van der Waals surface area contributed by atoms with Gasteiger partial charge in [-0.25, -0.2) is 4.39 Å².